The highest BCUT2D eigenvalue weighted by Gasteiger charge is 2.05. The number of nitrogens with one attached hydrogen (secondary N) is 1. The first-order valence-electron chi connectivity index (χ1n) is 5.23. The molecule has 2 aromatic rings. The van der Waals surface area contributed by atoms with Gasteiger partial charge in [-0.2, -0.15) is 0 Å². The van der Waals surface area contributed by atoms with Gasteiger partial charge in [-0.3, -0.25) is 0 Å². The molecule has 0 bridgehead atoms. The first-order valence-corrected chi connectivity index (χ1v) is 6.02. The minimum Gasteiger partial charge on any atom is -0.508 e. The Morgan fingerprint density at radius 1 is 1.12 bits per heavy atom. The molecular formula is C13H13BrN2O. The Kier molecular flexibility index (Phi) is 3.54. The SMILES string of the molecule is Nc1cccc(O)c1CNc1ccccc1Br. The molecule has 0 fully saturated rings. The lowest BCUT2D eigenvalue weighted by molar-refractivity contribution is 0.469. The highest BCUT2D eigenvalue weighted by atomic mass is 79.9. The van der Waals surface area contributed by atoms with Crippen LogP contribution in [0.5, 0.6) is 5.75 Å². The zero-order valence-corrected chi connectivity index (χ0v) is 10.7. The summed E-state index contributed by atoms with van der Waals surface area (Å²) >= 11 is 3.45. The third kappa shape index (κ3) is 2.71. The molecule has 3 nitrogen and oxygen atoms in total. The topological polar surface area (TPSA) is 58.3 Å². The molecular weight excluding hydrogens is 280 g/mol. The van der Waals surface area contributed by atoms with Crippen LogP contribution in [0.1, 0.15) is 5.56 Å². The van der Waals surface area contributed by atoms with Crippen LogP contribution in [0, 0.1) is 0 Å². The third-order valence-electron chi connectivity index (χ3n) is 2.52. The molecule has 0 heterocycles. The smallest absolute Gasteiger partial charge is 0.122 e. The van der Waals surface area contributed by atoms with Crippen LogP contribution in [-0.4, -0.2) is 5.11 Å². The average Bonchev–Trinajstić information content (AvgIpc) is 2.30. The molecule has 2 rings (SSSR count). The fraction of sp³-hybridized carbons (Fsp3) is 0.0769. The van der Waals surface area contributed by atoms with Crippen molar-refractivity contribution >= 4 is 27.3 Å². The summed E-state index contributed by atoms with van der Waals surface area (Å²) < 4.78 is 0.981. The number of phenolic OH excluding ortho intramolecular Hbond substituents is 1. The third-order valence-corrected chi connectivity index (χ3v) is 3.21. The lowest BCUT2D eigenvalue weighted by Crippen LogP contribution is -2.03. The van der Waals surface area contributed by atoms with Crippen LogP contribution >= 0.6 is 15.9 Å². The molecule has 0 unspecified atom stereocenters. The lowest BCUT2D eigenvalue weighted by Gasteiger charge is -2.11. The van der Waals surface area contributed by atoms with Gasteiger partial charge >= 0.3 is 0 Å². The van der Waals surface area contributed by atoms with Gasteiger partial charge in [0.15, 0.2) is 0 Å². The molecule has 0 aliphatic heterocycles. The molecule has 17 heavy (non-hydrogen) atoms. The second-order valence-electron chi connectivity index (χ2n) is 3.68. The standard InChI is InChI=1S/C13H13BrN2O/c14-10-4-1-2-6-12(10)16-8-9-11(15)5-3-7-13(9)17/h1-7,16-17H,8,15H2. The lowest BCUT2D eigenvalue weighted by atomic mass is 10.1. The summed E-state index contributed by atoms with van der Waals surface area (Å²) in [6.45, 7) is 0.487. The largest absolute Gasteiger partial charge is 0.508 e. The quantitative estimate of drug-likeness (QED) is 0.761. The summed E-state index contributed by atoms with van der Waals surface area (Å²) in [4.78, 5) is 0. The van der Waals surface area contributed by atoms with E-state index in [1.165, 1.54) is 0 Å². The van der Waals surface area contributed by atoms with Crippen molar-refractivity contribution in [2.45, 2.75) is 6.54 Å². The van der Waals surface area contributed by atoms with Gasteiger partial charge in [0.25, 0.3) is 0 Å². The maximum absolute atomic E-state index is 9.71. The van der Waals surface area contributed by atoms with Gasteiger partial charge in [-0.25, -0.2) is 0 Å². The summed E-state index contributed by atoms with van der Waals surface area (Å²) in [5.41, 5.74) is 8.08. The van der Waals surface area contributed by atoms with Crippen LogP contribution in [0.15, 0.2) is 46.9 Å². The summed E-state index contributed by atoms with van der Waals surface area (Å²) in [7, 11) is 0. The number of hydrogen-bond donors (Lipinski definition) is 3. The molecule has 0 radical (unpaired) electrons. The molecule has 0 aliphatic carbocycles. The Labute approximate surface area is 108 Å². The maximum atomic E-state index is 9.71. The number of phenols is 1. The van der Waals surface area contributed by atoms with E-state index in [2.05, 4.69) is 21.2 Å². The molecule has 0 saturated carbocycles. The minimum absolute atomic E-state index is 0.213. The second kappa shape index (κ2) is 5.10. The van der Waals surface area contributed by atoms with E-state index in [1.807, 2.05) is 24.3 Å². The van der Waals surface area contributed by atoms with Crippen LogP contribution in [0.2, 0.25) is 0 Å². The average molecular weight is 293 g/mol. The normalized spacial score (nSPS) is 10.2. The fourth-order valence-electron chi connectivity index (χ4n) is 1.57. The number of anilines is 2. The van der Waals surface area contributed by atoms with E-state index >= 15 is 0 Å². The van der Waals surface area contributed by atoms with Gasteiger partial charge in [-0.05, 0) is 40.2 Å². The van der Waals surface area contributed by atoms with E-state index in [4.69, 9.17) is 5.73 Å². The first kappa shape index (κ1) is 11.8. The highest BCUT2D eigenvalue weighted by Crippen LogP contribution is 2.26. The first-order chi connectivity index (χ1) is 8.18. The van der Waals surface area contributed by atoms with Crippen LogP contribution in [0.3, 0.4) is 0 Å². The van der Waals surface area contributed by atoms with Gasteiger partial charge < -0.3 is 16.2 Å². The second-order valence-corrected chi connectivity index (χ2v) is 4.53. The number of aromatic hydroxyl groups is 1. The predicted octanol–water partition coefficient (Wildman–Crippen LogP) is 3.35. The highest BCUT2D eigenvalue weighted by molar-refractivity contribution is 9.10. The van der Waals surface area contributed by atoms with Crippen molar-refractivity contribution in [3.8, 4) is 5.75 Å². The van der Waals surface area contributed by atoms with Crippen molar-refractivity contribution < 1.29 is 5.11 Å². The Hall–Kier alpha value is -1.68. The molecule has 0 saturated heterocycles. The zero-order valence-electron chi connectivity index (χ0n) is 9.15. The van der Waals surface area contributed by atoms with Gasteiger partial charge in [0.1, 0.15) is 5.75 Å². The van der Waals surface area contributed by atoms with Crippen molar-refractivity contribution in [3.63, 3.8) is 0 Å². The number of para-hydroxylation sites is 1. The molecule has 0 aromatic heterocycles. The van der Waals surface area contributed by atoms with E-state index in [1.54, 1.807) is 18.2 Å². The van der Waals surface area contributed by atoms with Crippen LogP contribution < -0.4 is 11.1 Å². The molecule has 0 atom stereocenters. The number of benzene rings is 2. The van der Waals surface area contributed by atoms with E-state index < -0.39 is 0 Å². The zero-order chi connectivity index (χ0) is 12.3. The van der Waals surface area contributed by atoms with Crippen molar-refractivity contribution in [1.82, 2.24) is 0 Å². The maximum Gasteiger partial charge on any atom is 0.122 e. The molecule has 0 amide bonds. The van der Waals surface area contributed by atoms with E-state index in [0.717, 1.165) is 10.2 Å². The van der Waals surface area contributed by atoms with E-state index in [9.17, 15) is 5.11 Å². The number of rotatable bonds is 3. The van der Waals surface area contributed by atoms with Gasteiger partial charge in [-0.15, -0.1) is 0 Å². The van der Waals surface area contributed by atoms with E-state index in [0.29, 0.717) is 17.8 Å². The Balaban J connectivity index is 2.16. The summed E-state index contributed by atoms with van der Waals surface area (Å²) in [5, 5.41) is 12.9. The predicted molar refractivity (Wildman–Crippen MR) is 74.0 cm³/mol. The van der Waals surface area contributed by atoms with Crippen LogP contribution in [0.25, 0.3) is 0 Å². The Morgan fingerprint density at radius 2 is 1.88 bits per heavy atom. The summed E-state index contributed by atoms with van der Waals surface area (Å²) in [6.07, 6.45) is 0. The van der Waals surface area contributed by atoms with Gasteiger partial charge in [0.05, 0.1) is 0 Å². The minimum atomic E-state index is 0.213. The monoisotopic (exact) mass is 292 g/mol. The summed E-state index contributed by atoms with van der Waals surface area (Å²) in [5.74, 6) is 0.213. The van der Waals surface area contributed by atoms with Crippen molar-refractivity contribution in [2.24, 2.45) is 0 Å². The Bertz CT molecular complexity index is 508. The molecule has 4 heteroatoms. The molecule has 4 N–H and O–H groups in total. The van der Waals surface area contributed by atoms with Gasteiger partial charge in [0.2, 0.25) is 0 Å². The van der Waals surface area contributed by atoms with Gasteiger partial charge in [0, 0.05) is 28.0 Å². The molecule has 0 spiro atoms. The summed E-state index contributed by atoms with van der Waals surface area (Å²) in [6, 6.07) is 12.9. The molecule has 2 aromatic carbocycles. The van der Waals surface area contributed by atoms with Crippen LogP contribution in [-0.2, 0) is 6.54 Å². The molecule has 88 valence electrons. The van der Waals surface area contributed by atoms with Crippen molar-refractivity contribution in [3.05, 3.63) is 52.5 Å². The number of nitrogens with two attached hydrogens (primary N) is 1. The van der Waals surface area contributed by atoms with Crippen molar-refractivity contribution in [1.29, 1.82) is 0 Å². The molecule has 0 aliphatic rings. The van der Waals surface area contributed by atoms with E-state index in [-0.39, 0.29) is 5.75 Å². The van der Waals surface area contributed by atoms with Crippen LogP contribution in [0.4, 0.5) is 11.4 Å². The number of nitrogen functional groups attached to an aromatic ring is 1. The van der Waals surface area contributed by atoms with Crippen molar-refractivity contribution in [2.75, 3.05) is 11.1 Å². The van der Waals surface area contributed by atoms with Gasteiger partial charge in [-0.1, -0.05) is 18.2 Å². The Morgan fingerprint density at radius 3 is 2.59 bits per heavy atom. The number of halogens is 1. The fourth-order valence-corrected chi connectivity index (χ4v) is 2.00. The number of hydrogen-bond acceptors (Lipinski definition) is 3.